The van der Waals surface area contributed by atoms with E-state index >= 15 is 0 Å². The van der Waals surface area contributed by atoms with Crippen LogP contribution < -0.4 is 4.74 Å². The normalized spacial score (nSPS) is 17.1. The molecule has 0 bridgehead atoms. The molecule has 1 aliphatic heterocycles. The number of aryl methyl sites for hydroxylation is 1. The van der Waals surface area contributed by atoms with Gasteiger partial charge in [-0.2, -0.15) is 0 Å². The molecule has 0 amide bonds. The van der Waals surface area contributed by atoms with Gasteiger partial charge in [0.05, 0.1) is 6.61 Å². The predicted octanol–water partition coefficient (Wildman–Crippen LogP) is 1.82. The Hall–Kier alpha value is -1.39. The molecule has 0 spiro atoms. The van der Waals surface area contributed by atoms with Crippen molar-refractivity contribution in [3.8, 4) is 5.75 Å². The highest BCUT2D eigenvalue weighted by Gasteiger charge is 2.12. The maximum Gasteiger partial charge on any atom is 0.150 e. The van der Waals surface area contributed by atoms with Gasteiger partial charge < -0.3 is 14.5 Å². The van der Waals surface area contributed by atoms with E-state index in [-0.39, 0.29) is 0 Å². The number of rotatable bonds is 6. The average Bonchev–Trinajstić information content (AvgIpc) is 2.46. The van der Waals surface area contributed by atoms with E-state index in [0.29, 0.717) is 5.56 Å². The summed E-state index contributed by atoms with van der Waals surface area (Å²) in [5.41, 5.74) is 1.72. The first-order chi connectivity index (χ1) is 9.69. The van der Waals surface area contributed by atoms with Gasteiger partial charge in [-0.1, -0.05) is 0 Å². The predicted molar refractivity (Wildman–Crippen MR) is 80.6 cm³/mol. The van der Waals surface area contributed by atoms with E-state index in [1.54, 1.807) is 6.07 Å². The van der Waals surface area contributed by atoms with Gasteiger partial charge in [-0.25, -0.2) is 0 Å². The molecular formula is C16H24N2O2. The lowest BCUT2D eigenvalue weighted by atomic mass is 10.1. The molecule has 0 unspecified atom stereocenters. The lowest BCUT2D eigenvalue weighted by Gasteiger charge is -2.32. The summed E-state index contributed by atoms with van der Waals surface area (Å²) in [5.74, 6) is 0.883. The van der Waals surface area contributed by atoms with Crippen molar-refractivity contribution in [2.75, 3.05) is 46.4 Å². The lowest BCUT2D eigenvalue weighted by molar-refractivity contribution is 0.112. The van der Waals surface area contributed by atoms with Crippen molar-refractivity contribution in [3.05, 3.63) is 29.3 Å². The first-order valence-electron chi connectivity index (χ1n) is 7.28. The standard InChI is InChI=1S/C16H24N2O2/c1-14-12-15(13-19)4-5-16(14)20-11-3-6-18-9-7-17(2)8-10-18/h4-5,12-13H,3,6-11H2,1-2H3. The SMILES string of the molecule is Cc1cc(C=O)ccc1OCCCN1CCN(C)CC1. The monoisotopic (exact) mass is 276 g/mol. The summed E-state index contributed by atoms with van der Waals surface area (Å²) in [7, 11) is 2.17. The van der Waals surface area contributed by atoms with Gasteiger partial charge in [0.1, 0.15) is 12.0 Å². The Balaban J connectivity index is 1.69. The zero-order valence-corrected chi connectivity index (χ0v) is 12.5. The van der Waals surface area contributed by atoms with Crippen molar-refractivity contribution >= 4 is 6.29 Å². The molecule has 0 aliphatic carbocycles. The van der Waals surface area contributed by atoms with Gasteiger partial charge >= 0.3 is 0 Å². The molecule has 1 saturated heterocycles. The van der Waals surface area contributed by atoms with E-state index in [4.69, 9.17) is 4.74 Å². The first-order valence-corrected chi connectivity index (χ1v) is 7.28. The minimum absolute atomic E-state index is 0.701. The molecule has 20 heavy (non-hydrogen) atoms. The van der Waals surface area contributed by atoms with E-state index in [1.807, 2.05) is 19.1 Å². The molecule has 0 aromatic heterocycles. The number of aldehydes is 1. The van der Waals surface area contributed by atoms with Gasteiger partial charge in [-0.15, -0.1) is 0 Å². The highest BCUT2D eigenvalue weighted by molar-refractivity contribution is 5.75. The summed E-state index contributed by atoms with van der Waals surface area (Å²) < 4.78 is 5.80. The number of likely N-dealkylation sites (N-methyl/N-ethyl adjacent to an activating group) is 1. The number of benzene rings is 1. The Morgan fingerprint density at radius 3 is 2.65 bits per heavy atom. The molecule has 1 aromatic carbocycles. The molecule has 1 fully saturated rings. The fourth-order valence-electron chi connectivity index (χ4n) is 2.45. The van der Waals surface area contributed by atoms with Crippen LogP contribution in [0.3, 0.4) is 0 Å². The molecule has 0 atom stereocenters. The van der Waals surface area contributed by atoms with Crippen molar-refractivity contribution in [1.82, 2.24) is 9.80 Å². The number of nitrogens with zero attached hydrogens (tertiary/aromatic N) is 2. The van der Waals surface area contributed by atoms with E-state index in [9.17, 15) is 4.79 Å². The van der Waals surface area contributed by atoms with E-state index in [2.05, 4.69) is 16.8 Å². The van der Waals surface area contributed by atoms with E-state index in [1.165, 1.54) is 0 Å². The number of carbonyl (C=O) groups is 1. The minimum atomic E-state index is 0.701. The van der Waals surface area contributed by atoms with Gasteiger partial charge in [0.2, 0.25) is 0 Å². The first kappa shape index (κ1) is 15.0. The van der Waals surface area contributed by atoms with Crippen LogP contribution in [-0.4, -0.2) is 62.5 Å². The van der Waals surface area contributed by atoms with Crippen LogP contribution >= 0.6 is 0 Å². The number of ether oxygens (including phenoxy) is 1. The summed E-state index contributed by atoms with van der Waals surface area (Å²) in [6.07, 6.45) is 1.91. The van der Waals surface area contributed by atoms with Crippen molar-refractivity contribution in [1.29, 1.82) is 0 Å². The fourth-order valence-corrected chi connectivity index (χ4v) is 2.45. The largest absolute Gasteiger partial charge is 0.493 e. The summed E-state index contributed by atoms with van der Waals surface area (Å²) in [6, 6.07) is 5.55. The molecule has 2 rings (SSSR count). The Bertz CT molecular complexity index is 440. The summed E-state index contributed by atoms with van der Waals surface area (Å²) in [4.78, 5) is 15.5. The van der Waals surface area contributed by atoms with Gasteiger partial charge in [0.25, 0.3) is 0 Å². The van der Waals surface area contributed by atoms with Crippen molar-refractivity contribution in [2.24, 2.45) is 0 Å². The third kappa shape index (κ3) is 4.32. The Morgan fingerprint density at radius 2 is 2.00 bits per heavy atom. The third-order valence-corrected chi connectivity index (χ3v) is 3.81. The van der Waals surface area contributed by atoms with Crippen LogP contribution in [-0.2, 0) is 0 Å². The zero-order chi connectivity index (χ0) is 14.4. The average molecular weight is 276 g/mol. The zero-order valence-electron chi connectivity index (χ0n) is 12.5. The number of hydrogen-bond donors (Lipinski definition) is 0. The van der Waals surface area contributed by atoms with Crippen LogP contribution in [0.15, 0.2) is 18.2 Å². The van der Waals surface area contributed by atoms with Crippen LogP contribution in [0.25, 0.3) is 0 Å². The number of hydrogen-bond acceptors (Lipinski definition) is 4. The Morgan fingerprint density at radius 1 is 1.25 bits per heavy atom. The summed E-state index contributed by atoms with van der Waals surface area (Å²) >= 11 is 0. The van der Waals surface area contributed by atoms with Crippen LogP contribution in [0.5, 0.6) is 5.75 Å². The van der Waals surface area contributed by atoms with Crippen molar-refractivity contribution in [3.63, 3.8) is 0 Å². The molecule has 1 aromatic rings. The fraction of sp³-hybridized carbons (Fsp3) is 0.562. The van der Waals surface area contributed by atoms with Crippen LogP contribution in [0, 0.1) is 6.92 Å². The Kier molecular flexibility index (Phi) is 5.56. The van der Waals surface area contributed by atoms with Gasteiger partial charge in [-0.3, -0.25) is 4.79 Å². The lowest BCUT2D eigenvalue weighted by Crippen LogP contribution is -2.44. The highest BCUT2D eigenvalue weighted by Crippen LogP contribution is 2.18. The second kappa shape index (κ2) is 7.41. The quantitative estimate of drug-likeness (QED) is 0.586. The van der Waals surface area contributed by atoms with Gasteiger partial charge in [0.15, 0.2) is 0 Å². The molecule has 4 nitrogen and oxygen atoms in total. The van der Waals surface area contributed by atoms with E-state index in [0.717, 1.165) is 63.4 Å². The maximum absolute atomic E-state index is 10.7. The molecule has 1 heterocycles. The van der Waals surface area contributed by atoms with Gasteiger partial charge in [-0.05, 0) is 44.2 Å². The minimum Gasteiger partial charge on any atom is -0.493 e. The summed E-state index contributed by atoms with van der Waals surface area (Å²) in [6.45, 7) is 8.43. The second-order valence-corrected chi connectivity index (χ2v) is 5.49. The van der Waals surface area contributed by atoms with Crippen molar-refractivity contribution in [2.45, 2.75) is 13.3 Å². The molecule has 0 N–H and O–H groups in total. The molecular weight excluding hydrogens is 252 g/mol. The van der Waals surface area contributed by atoms with Crippen LogP contribution in [0.4, 0.5) is 0 Å². The Labute approximate surface area is 121 Å². The number of carbonyl (C=O) groups excluding carboxylic acids is 1. The third-order valence-electron chi connectivity index (χ3n) is 3.81. The maximum atomic E-state index is 10.7. The molecule has 1 aliphatic rings. The van der Waals surface area contributed by atoms with Crippen molar-refractivity contribution < 1.29 is 9.53 Å². The topological polar surface area (TPSA) is 32.8 Å². The molecule has 110 valence electrons. The van der Waals surface area contributed by atoms with Gasteiger partial charge in [0, 0.05) is 38.3 Å². The molecule has 4 heteroatoms. The molecule has 0 saturated carbocycles. The smallest absolute Gasteiger partial charge is 0.150 e. The van der Waals surface area contributed by atoms with Crippen LogP contribution in [0.2, 0.25) is 0 Å². The van der Waals surface area contributed by atoms with Crippen LogP contribution in [0.1, 0.15) is 22.3 Å². The van der Waals surface area contributed by atoms with E-state index < -0.39 is 0 Å². The summed E-state index contributed by atoms with van der Waals surface area (Å²) in [5, 5.41) is 0. The molecule has 0 radical (unpaired) electrons. The number of piperazine rings is 1. The highest BCUT2D eigenvalue weighted by atomic mass is 16.5. The second-order valence-electron chi connectivity index (χ2n) is 5.49.